The summed E-state index contributed by atoms with van der Waals surface area (Å²) < 4.78 is 5.38. The normalized spacial score (nSPS) is 10.4. The summed E-state index contributed by atoms with van der Waals surface area (Å²) in [5.74, 6) is 1.84. The number of benzene rings is 1. The average molecular weight is 351 g/mol. The smallest absolute Gasteiger partial charge is 0.225 e. The van der Waals surface area contributed by atoms with Gasteiger partial charge in [0.1, 0.15) is 11.6 Å². The molecule has 0 fully saturated rings. The largest absolute Gasteiger partial charge is 0.495 e. The fraction of sp³-hybridized carbons (Fsp3) is 0.211. The van der Waals surface area contributed by atoms with Gasteiger partial charge < -0.3 is 20.5 Å². The Hall–Kier alpha value is -3.19. The average Bonchev–Trinajstić information content (AvgIpc) is 2.69. The number of para-hydroxylation sites is 2. The van der Waals surface area contributed by atoms with Gasteiger partial charge in [-0.25, -0.2) is 4.98 Å². The zero-order chi connectivity index (χ0) is 18.2. The lowest BCUT2D eigenvalue weighted by Crippen LogP contribution is -2.09. The molecule has 0 spiro atoms. The summed E-state index contributed by atoms with van der Waals surface area (Å²) in [7, 11) is 1.63. The molecule has 134 valence electrons. The second-order valence-electron chi connectivity index (χ2n) is 5.53. The molecule has 0 amide bonds. The van der Waals surface area contributed by atoms with E-state index in [9.17, 15) is 0 Å². The van der Waals surface area contributed by atoms with Crippen molar-refractivity contribution in [1.82, 2.24) is 15.0 Å². The van der Waals surface area contributed by atoms with E-state index < -0.39 is 0 Å². The third kappa shape index (κ3) is 4.46. The Kier molecular flexibility index (Phi) is 5.95. The van der Waals surface area contributed by atoms with Crippen molar-refractivity contribution in [3.63, 3.8) is 0 Å². The molecule has 1 aromatic carbocycles. The number of hydrogen-bond acceptors (Lipinski definition) is 7. The highest BCUT2D eigenvalue weighted by atomic mass is 16.5. The third-order valence-electron chi connectivity index (χ3n) is 3.67. The summed E-state index contributed by atoms with van der Waals surface area (Å²) in [5.41, 5.74) is 2.45. The van der Waals surface area contributed by atoms with Crippen LogP contribution in [0.3, 0.4) is 0 Å². The summed E-state index contributed by atoms with van der Waals surface area (Å²) >= 11 is 0. The van der Waals surface area contributed by atoms with Crippen molar-refractivity contribution in [3.05, 3.63) is 54.9 Å². The number of pyridine rings is 1. The molecule has 0 aliphatic heterocycles. The molecule has 0 aliphatic carbocycles. The topological polar surface area (TPSA) is 92.2 Å². The van der Waals surface area contributed by atoms with E-state index in [1.165, 1.54) is 0 Å². The highest BCUT2D eigenvalue weighted by molar-refractivity contribution is 5.69. The number of aliphatic hydroxyl groups excluding tert-OH is 1. The number of aliphatic hydroxyl groups is 1. The lowest BCUT2D eigenvalue weighted by atomic mass is 10.2. The summed E-state index contributed by atoms with van der Waals surface area (Å²) in [4.78, 5) is 13.2. The van der Waals surface area contributed by atoms with E-state index in [0.717, 1.165) is 22.7 Å². The van der Waals surface area contributed by atoms with Gasteiger partial charge in [0, 0.05) is 37.2 Å². The van der Waals surface area contributed by atoms with Crippen molar-refractivity contribution < 1.29 is 9.84 Å². The van der Waals surface area contributed by atoms with Crippen molar-refractivity contribution in [2.75, 3.05) is 30.9 Å². The molecule has 3 aromatic rings. The Labute approximate surface area is 152 Å². The maximum Gasteiger partial charge on any atom is 0.225 e. The van der Waals surface area contributed by atoms with Crippen LogP contribution in [0.1, 0.15) is 6.42 Å². The molecule has 0 radical (unpaired) electrons. The lowest BCUT2D eigenvalue weighted by Gasteiger charge is -2.13. The number of nitrogens with one attached hydrogen (secondary N) is 2. The van der Waals surface area contributed by atoms with Crippen molar-refractivity contribution >= 4 is 17.5 Å². The van der Waals surface area contributed by atoms with E-state index >= 15 is 0 Å². The first kappa shape index (κ1) is 17.6. The van der Waals surface area contributed by atoms with Crippen molar-refractivity contribution in [2.24, 2.45) is 0 Å². The molecule has 0 aliphatic rings. The summed E-state index contributed by atoms with van der Waals surface area (Å²) in [6.45, 7) is 0.697. The van der Waals surface area contributed by atoms with Crippen molar-refractivity contribution in [2.45, 2.75) is 6.42 Å². The number of nitrogens with zero attached hydrogens (tertiary/aromatic N) is 3. The predicted octanol–water partition coefficient (Wildman–Crippen LogP) is 3.09. The molecular weight excluding hydrogens is 330 g/mol. The number of ether oxygens (including phenoxy) is 1. The van der Waals surface area contributed by atoms with E-state index in [1.54, 1.807) is 19.5 Å². The molecule has 2 heterocycles. The minimum atomic E-state index is 0.113. The molecule has 0 unspecified atom stereocenters. The number of aromatic nitrogens is 3. The highest BCUT2D eigenvalue weighted by Crippen LogP contribution is 2.28. The van der Waals surface area contributed by atoms with E-state index in [4.69, 9.17) is 9.84 Å². The fourth-order valence-corrected chi connectivity index (χ4v) is 2.42. The molecule has 0 saturated heterocycles. The molecule has 26 heavy (non-hydrogen) atoms. The van der Waals surface area contributed by atoms with Crippen LogP contribution in [0, 0.1) is 0 Å². The zero-order valence-electron chi connectivity index (χ0n) is 14.5. The Morgan fingerprint density at radius 2 is 2.00 bits per heavy atom. The molecule has 3 rings (SSSR count). The third-order valence-corrected chi connectivity index (χ3v) is 3.67. The van der Waals surface area contributed by atoms with E-state index in [2.05, 4.69) is 25.6 Å². The van der Waals surface area contributed by atoms with Crippen molar-refractivity contribution in [1.29, 1.82) is 0 Å². The second kappa shape index (κ2) is 8.77. The Balaban J connectivity index is 1.93. The lowest BCUT2D eigenvalue weighted by molar-refractivity contribution is 0.292. The molecule has 0 saturated carbocycles. The van der Waals surface area contributed by atoms with Crippen LogP contribution in [0.2, 0.25) is 0 Å². The van der Waals surface area contributed by atoms with Crippen LogP contribution in [0.4, 0.5) is 17.5 Å². The summed E-state index contributed by atoms with van der Waals surface area (Å²) in [6.07, 6.45) is 4.10. The minimum absolute atomic E-state index is 0.113. The first-order valence-electron chi connectivity index (χ1n) is 8.34. The molecular formula is C19H21N5O2. The molecule has 2 aromatic heterocycles. The van der Waals surface area contributed by atoms with Gasteiger partial charge in [-0.05, 0) is 30.7 Å². The van der Waals surface area contributed by atoms with Crippen LogP contribution < -0.4 is 15.4 Å². The van der Waals surface area contributed by atoms with Gasteiger partial charge >= 0.3 is 0 Å². The number of methoxy groups -OCH3 is 1. The van der Waals surface area contributed by atoms with Crippen LogP contribution in [0.5, 0.6) is 5.75 Å². The highest BCUT2D eigenvalue weighted by Gasteiger charge is 2.09. The van der Waals surface area contributed by atoms with Crippen LogP contribution in [0.25, 0.3) is 11.3 Å². The van der Waals surface area contributed by atoms with Gasteiger partial charge in [0.2, 0.25) is 5.95 Å². The van der Waals surface area contributed by atoms with Gasteiger partial charge in [-0.15, -0.1) is 0 Å². The second-order valence-corrected chi connectivity index (χ2v) is 5.53. The number of hydrogen-bond donors (Lipinski definition) is 3. The molecule has 7 nitrogen and oxygen atoms in total. The molecule has 0 bridgehead atoms. The molecule has 0 atom stereocenters. The standard InChI is InChI=1S/C19H21N5O2/c1-26-17-8-3-2-7-15(17)22-18-12-16(14-6-4-9-20-13-14)23-19(24-18)21-10-5-11-25/h2-4,6-9,12-13,25H,5,10-11H2,1H3,(H2,21,22,23,24). The van der Waals surface area contributed by atoms with Gasteiger partial charge in [0.15, 0.2) is 0 Å². The summed E-state index contributed by atoms with van der Waals surface area (Å²) in [6, 6.07) is 13.3. The molecule has 7 heteroatoms. The van der Waals surface area contributed by atoms with Crippen LogP contribution in [0.15, 0.2) is 54.9 Å². The minimum Gasteiger partial charge on any atom is -0.495 e. The van der Waals surface area contributed by atoms with E-state index in [0.29, 0.717) is 24.7 Å². The van der Waals surface area contributed by atoms with E-state index in [1.807, 2.05) is 42.5 Å². The predicted molar refractivity (Wildman–Crippen MR) is 102 cm³/mol. The van der Waals surface area contributed by atoms with Crippen LogP contribution >= 0.6 is 0 Å². The van der Waals surface area contributed by atoms with Gasteiger partial charge in [-0.3, -0.25) is 4.98 Å². The molecule has 3 N–H and O–H groups in total. The van der Waals surface area contributed by atoms with Gasteiger partial charge in [0.05, 0.1) is 18.5 Å². The summed E-state index contributed by atoms with van der Waals surface area (Å²) in [5, 5.41) is 15.4. The van der Waals surface area contributed by atoms with Gasteiger partial charge in [-0.1, -0.05) is 12.1 Å². The maximum absolute atomic E-state index is 8.97. The SMILES string of the molecule is COc1ccccc1Nc1cc(-c2cccnc2)nc(NCCCO)n1. The van der Waals surface area contributed by atoms with Gasteiger partial charge in [-0.2, -0.15) is 4.98 Å². The Morgan fingerprint density at radius 3 is 2.77 bits per heavy atom. The maximum atomic E-state index is 8.97. The zero-order valence-corrected chi connectivity index (χ0v) is 14.5. The fourth-order valence-electron chi connectivity index (χ4n) is 2.42. The van der Waals surface area contributed by atoms with Crippen molar-refractivity contribution in [3.8, 4) is 17.0 Å². The van der Waals surface area contributed by atoms with Crippen LogP contribution in [-0.4, -0.2) is 40.3 Å². The number of rotatable bonds is 8. The quantitative estimate of drug-likeness (QED) is 0.537. The first-order chi connectivity index (χ1) is 12.8. The van der Waals surface area contributed by atoms with Gasteiger partial charge in [0.25, 0.3) is 0 Å². The van der Waals surface area contributed by atoms with Crippen LogP contribution in [-0.2, 0) is 0 Å². The Morgan fingerprint density at radius 1 is 1.12 bits per heavy atom. The Bertz CT molecular complexity index is 842. The van der Waals surface area contributed by atoms with E-state index in [-0.39, 0.29) is 6.61 Å². The monoisotopic (exact) mass is 351 g/mol. The first-order valence-corrected chi connectivity index (χ1v) is 8.34. The number of anilines is 3.